The van der Waals surface area contributed by atoms with Crippen molar-refractivity contribution in [1.82, 2.24) is 9.78 Å². The molecule has 2 aromatic carbocycles. The van der Waals surface area contributed by atoms with Crippen molar-refractivity contribution >= 4 is 35.0 Å². The average molecular weight is 428 g/mol. The first-order valence-electron chi connectivity index (χ1n) is 9.23. The highest BCUT2D eigenvalue weighted by Gasteiger charge is 2.09. The SMILES string of the molecule is Cc1cc(Cl)ccc1NC(=O)CSc1ccc(=O)n(-c2ccc(C(C)C)cc2)n1. The zero-order valence-electron chi connectivity index (χ0n) is 16.5. The van der Waals surface area contributed by atoms with Gasteiger partial charge in [0.1, 0.15) is 5.03 Å². The summed E-state index contributed by atoms with van der Waals surface area (Å²) in [6, 6.07) is 16.2. The minimum Gasteiger partial charge on any atom is -0.325 e. The number of rotatable bonds is 6. The first-order chi connectivity index (χ1) is 13.8. The zero-order valence-corrected chi connectivity index (χ0v) is 18.1. The zero-order chi connectivity index (χ0) is 21.0. The summed E-state index contributed by atoms with van der Waals surface area (Å²) in [5.74, 6) is 0.444. The summed E-state index contributed by atoms with van der Waals surface area (Å²) in [6.07, 6.45) is 0. The molecule has 0 bridgehead atoms. The molecule has 150 valence electrons. The quantitative estimate of drug-likeness (QED) is 0.559. The van der Waals surface area contributed by atoms with Crippen LogP contribution in [-0.2, 0) is 4.79 Å². The van der Waals surface area contributed by atoms with Gasteiger partial charge < -0.3 is 5.32 Å². The summed E-state index contributed by atoms with van der Waals surface area (Å²) in [4.78, 5) is 24.5. The van der Waals surface area contributed by atoms with Crippen molar-refractivity contribution < 1.29 is 4.79 Å². The van der Waals surface area contributed by atoms with Crippen LogP contribution in [0.2, 0.25) is 5.02 Å². The van der Waals surface area contributed by atoms with Crippen molar-refractivity contribution in [1.29, 1.82) is 0 Å². The first-order valence-corrected chi connectivity index (χ1v) is 10.6. The molecular formula is C22H22ClN3O2S. The third kappa shape index (κ3) is 5.49. The van der Waals surface area contributed by atoms with E-state index in [9.17, 15) is 9.59 Å². The Morgan fingerprint density at radius 3 is 2.52 bits per heavy atom. The molecule has 5 nitrogen and oxygen atoms in total. The normalized spacial score (nSPS) is 10.9. The van der Waals surface area contributed by atoms with E-state index in [1.807, 2.05) is 31.2 Å². The van der Waals surface area contributed by atoms with Gasteiger partial charge in [-0.1, -0.05) is 49.3 Å². The molecule has 29 heavy (non-hydrogen) atoms. The predicted octanol–water partition coefficient (Wildman–Crippen LogP) is 5.05. The van der Waals surface area contributed by atoms with Crippen molar-refractivity contribution in [3.63, 3.8) is 0 Å². The van der Waals surface area contributed by atoms with Crippen LogP contribution in [0.25, 0.3) is 5.69 Å². The van der Waals surface area contributed by atoms with Gasteiger partial charge in [-0.3, -0.25) is 9.59 Å². The summed E-state index contributed by atoms with van der Waals surface area (Å²) in [6.45, 7) is 6.12. The van der Waals surface area contributed by atoms with E-state index in [-0.39, 0.29) is 17.2 Å². The van der Waals surface area contributed by atoms with Crippen LogP contribution < -0.4 is 10.9 Å². The van der Waals surface area contributed by atoms with Crippen LogP contribution in [0.3, 0.4) is 0 Å². The number of aryl methyl sites for hydroxylation is 1. The van der Waals surface area contributed by atoms with Gasteiger partial charge in [0.15, 0.2) is 0 Å². The fourth-order valence-electron chi connectivity index (χ4n) is 2.75. The number of anilines is 1. The molecule has 0 aliphatic heterocycles. The van der Waals surface area contributed by atoms with E-state index in [0.717, 1.165) is 11.3 Å². The molecule has 0 saturated carbocycles. The van der Waals surface area contributed by atoms with Gasteiger partial charge in [-0.25, -0.2) is 0 Å². The highest BCUT2D eigenvalue weighted by atomic mass is 35.5. The van der Waals surface area contributed by atoms with E-state index in [1.54, 1.807) is 24.3 Å². The second-order valence-corrected chi connectivity index (χ2v) is 8.40. The Labute approximate surface area is 179 Å². The molecule has 0 saturated heterocycles. The maximum absolute atomic E-state index is 12.3. The van der Waals surface area contributed by atoms with Gasteiger partial charge in [0, 0.05) is 16.8 Å². The Morgan fingerprint density at radius 2 is 1.86 bits per heavy atom. The number of benzene rings is 2. The Hall–Kier alpha value is -2.57. The number of carbonyl (C=O) groups is 1. The Balaban J connectivity index is 1.69. The largest absolute Gasteiger partial charge is 0.325 e. The van der Waals surface area contributed by atoms with Crippen LogP contribution >= 0.6 is 23.4 Å². The molecule has 7 heteroatoms. The molecule has 0 fully saturated rings. The summed E-state index contributed by atoms with van der Waals surface area (Å²) in [5, 5.41) is 8.49. The molecule has 3 rings (SSSR count). The van der Waals surface area contributed by atoms with Crippen molar-refractivity contribution in [3.05, 3.63) is 81.1 Å². The summed E-state index contributed by atoms with van der Waals surface area (Å²) >= 11 is 7.22. The second-order valence-electron chi connectivity index (χ2n) is 6.96. The molecule has 1 amide bonds. The molecule has 0 radical (unpaired) electrons. The number of hydrogen-bond acceptors (Lipinski definition) is 4. The number of hydrogen-bond donors (Lipinski definition) is 1. The third-order valence-electron chi connectivity index (χ3n) is 4.39. The molecule has 1 aromatic heterocycles. The van der Waals surface area contributed by atoms with Gasteiger partial charge in [-0.05, 0) is 60.4 Å². The number of aromatic nitrogens is 2. The van der Waals surface area contributed by atoms with E-state index in [4.69, 9.17) is 11.6 Å². The highest BCUT2D eigenvalue weighted by molar-refractivity contribution is 7.99. The predicted molar refractivity (Wildman–Crippen MR) is 119 cm³/mol. The van der Waals surface area contributed by atoms with Gasteiger partial charge in [0.05, 0.1) is 11.4 Å². The third-order valence-corrected chi connectivity index (χ3v) is 5.55. The fourth-order valence-corrected chi connectivity index (χ4v) is 3.63. The van der Waals surface area contributed by atoms with Crippen molar-refractivity contribution in [2.24, 2.45) is 0 Å². The van der Waals surface area contributed by atoms with Crippen LogP contribution in [0.4, 0.5) is 5.69 Å². The number of nitrogens with zero attached hydrogens (tertiary/aromatic N) is 2. The maximum atomic E-state index is 12.3. The van der Waals surface area contributed by atoms with Gasteiger partial charge in [-0.15, -0.1) is 0 Å². The van der Waals surface area contributed by atoms with Crippen LogP contribution in [0.15, 0.2) is 64.4 Å². The second kappa shape index (κ2) is 9.29. The molecule has 0 unspecified atom stereocenters. The Bertz CT molecular complexity index is 1080. The summed E-state index contributed by atoms with van der Waals surface area (Å²) in [7, 11) is 0. The van der Waals surface area contributed by atoms with Gasteiger partial charge in [0.25, 0.3) is 5.56 Å². The smallest absolute Gasteiger partial charge is 0.271 e. The highest BCUT2D eigenvalue weighted by Crippen LogP contribution is 2.21. The number of halogens is 1. The van der Waals surface area contributed by atoms with Gasteiger partial charge >= 0.3 is 0 Å². The summed E-state index contributed by atoms with van der Waals surface area (Å²) in [5.41, 5.74) is 3.30. The monoisotopic (exact) mass is 427 g/mol. The number of carbonyl (C=O) groups excluding carboxylic acids is 1. The topological polar surface area (TPSA) is 64.0 Å². The van der Waals surface area contributed by atoms with E-state index < -0.39 is 0 Å². The van der Waals surface area contributed by atoms with E-state index in [2.05, 4.69) is 24.3 Å². The molecule has 0 aliphatic carbocycles. The standard InChI is InChI=1S/C22H22ClN3O2S/c1-14(2)16-4-7-18(8-5-16)26-22(28)11-10-21(25-26)29-13-20(27)24-19-9-6-17(23)12-15(19)3/h4-12,14H,13H2,1-3H3,(H,24,27). The average Bonchev–Trinajstić information content (AvgIpc) is 2.69. The lowest BCUT2D eigenvalue weighted by Crippen LogP contribution is -2.21. The summed E-state index contributed by atoms with van der Waals surface area (Å²) < 4.78 is 1.35. The minimum atomic E-state index is -0.215. The van der Waals surface area contributed by atoms with Crippen molar-refractivity contribution in [2.45, 2.75) is 31.7 Å². The van der Waals surface area contributed by atoms with Crippen LogP contribution in [0.5, 0.6) is 0 Å². The maximum Gasteiger partial charge on any atom is 0.271 e. The van der Waals surface area contributed by atoms with E-state index in [1.165, 1.54) is 28.1 Å². The number of nitrogens with one attached hydrogen (secondary N) is 1. The molecule has 0 spiro atoms. The van der Waals surface area contributed by atoms with Crippen LogP contribution in [0, 0.1) is 6.92 Å². The van der Waals surface area contributed by atoms with Crippen LogP contribution in [0.1, 0.15) is 30.9 Å². The van der Waals surface area contributed by atoms with Crippen molar-refractivity contribution in [3.8, 4) is 5.69 Å². The van der Waals surface area contributed by atoms with Gasteiger partial charge in [-0.2, -0.15) is 9.78 Å². The lowest BCUT2D eigenvalue weighted by molar-refractivity contribution is -0.113. The molecule has 0 atom stereocenters. The van der Waals surface area contributed by atoms with E-state index in [0.29, 0.717) is 21.7 Å². The Morgan fingerprint density at radius 1 is 1.14 bits per heavy atom. The molecule has 0 aliphatic rings. The molecule has 1 heterocycles. The number of thioether (sulfide) groups is 1. The first kappa shape index (κ1) is 21.1. The molecule has 1 N–H and O–H groups in total. The molecular weight excluding hydrogens is 406 g/mol. The fraction of sp³-hybridized carbons (Fsp3) is 0.227. The lowest BCUT2D eigenvalue weighted by atomic mass is 10.0. The Kier molecular flexibility index (Phi) is 6.77. The molecule has 3 aromatic rings. The van der Waals surface area contributed by atoms with Crippen LogP contribution in [-0.4, -0.2) is 21.4 Å². The van der Waals surface area contributed by atoms with Crippen molar-refractivity contribution in [2.75, 3.05) is 11.1 Å². The van der Waals surface area contributed by atoms with Gasteiger partial charge in [0.2, 0.25) is 5.91 Å². The van der Waals surface area contributed by atoms with E-state index >= 15 is 0 Å². The minimum absolute atomic E-state index is 0.152. The lowest BCUT2D eigenvalue weighted by Gasteiger charge is -2.10. The number of amides is 1.